The Morgan fingerprint density at radius 2 is 2.31 bits per heavy atom. The summed E-state index contributed by atoms with van der Waals surface area (Å²) >= 11 is 3.29. The first kappa shape index (κ1) is 12.7. The molecular weight excluding hydrogens is 272 g/mol. The number of benzene rings is 1. The number of hydrogen-bond donors (Lipinski definition) is 1. The monoisotopic (exact) mass is 282 g/mol. The van der Waals surface area contributed by atoms with Crippen LogP contribution in [0.5, 0.6) is 0 Å². The van der Waals surface area contributed by atoms with Crippen LogP contribution in [0.1, 0.15) is 12.0 Å². The minimum Gasteiger partial charge on any atom is -0.311 e. The van der Waals surface area contributed by atoms with Crippen molar-refractivity contribution in [1.29, 1.82) is 0 Å². The number of hydrogen-bond acceptors (Lipinski definition) is 3. The summed E-state index contributed by atoms with van der Waals surface area (Å²) in [4.78, 5) is 10.4. The van der Waals surface area contributed by atoms with Crippen molar-refractivity contribution in [3.63, 3.8) is 0 Å². The van der Waals surface area contributed by atoms with Gasteiger partial charge in [0.15, 0.2) is 0 Å². The Labute approximate surface area is 102 Å². The first-order chi connectivity index (χ1) is 7.65. The summed E-state index contributed by atoms with van der Waals surface area (Å²) in [6.07, 6.45) is 5.72. The predicted octanol–water partition coefficient (Wildman–Crippen LogP) is 2.47. The summed E-state index contributed by atoms with van der Waals surface area (Å²) in [6.45, 7) is 1.09. The van der Waals surface area contributed by atoms with E-state index in [2.05, 4.69) is 27.2 Å². The lowest BCUT2D eigenvalue weighted by atomic mass is 10.2. The molecule has 84 valence electrons. The lowest BCUT2D eigenvalue weighted by molar-refractivity contribution is -0.385. The minimum atomic E-state index is -0.384. The number of terminal acetylenes is 1. The van der Waals surface area contributed by atoms with Crippen LogP contribution < -0.4 is 5.32 Å². The van der Waals surface area contributed by atoms with E-state index in [1.54, 1.807) is 12.1 Å². The highest BCUT2D eigenvalue weighted by Gasteiger charge is 2.12. The number of nitro benzene ring substituents is 1. The number of nitrogens with zero attached hydrogens (tertiary/aromatic N) is 1. The summed E-state index contributed by atoms with van der Waals surface area (Å²) in [5, 5.41) is 13.8. The van der Waals surface area contributed by atoms with Gasteiger partial charge in [-0.05, 0) is 12.1 Å². The first-order valence-corrected chi connectivity index (χ1v) is 5.51. The van der Waals surface area contributed by atoms with E-state index in [0.29, 0.717) is 25.1 Å². The molecule has 0 bridgehead atoms. The van der Waals surface area contributed by atoms with Crippen LogP contribution in [0, 0.1) is 22.5 Å². The molecule has 1 N–H and O–H groups in total. The van der Waals surface area contributed by atoms with Gasteiger partial charge in [-0.3, -0.25) is 10.1 Å². The third-order valence-electron chi connectivity index (χ3n) is 2.00. The molecule has 1 aromatic rings. The van der Waals surface area contributed by atoms with E-state index >= 15 is 0 Å². The van der Waals surface area contributed by atoms with Crippen molar-refractivity contribution < 1.29 is 4.92 Å². The zero-order chi connectivity index (χ0) is 12.0. The van der Waals surface area contributed by atoms with Crippen LogP contribution in [0.25, 0.3) is 0 Å². The average molecular weight is 283 g/mol. The maximum atomic E-state index is 10.8. The second kappa shape index (κ2) is 6.26. The molecule has 0 amide bonds. The molecule has 0 unspecified atom stereocenters. The van der Waals surface area contributed by atoms with E-state index in [0.717, 1.165) is 4.47 Å². The molecule has 0 aromatic heterocycles. The van der Waals surface area contributed by atoms with Gasteiger partial charge in [0.25, 0.3) is 5.69 Å². The van der Waals surface area contributed by atoms with Gasteiger partial charge in [0, 0.05) is 35.6 Å². The lowest BCUT2D eigenvalue weighted by Gasteiger charge is -2.04. The molecule has 0 fully saturated rings. The zero-order valence-corrected chi connectivity index (χ0v) is 10.2. The predicted molar refractivity (Wildman–Crippen MR) is 66.0 cm³/mol. The van der Waals surface area contributed by atoms with Crippen molar-refractivity contribution in [1.82, 2.24) is 5.32 Å². The SMILES string of the molecule is C#CCCNCc1cc(Br)ccc1[N+](=O)[O-]. The Bertz CT molecular complexity index is 426. The van der Waals surface area contributed by atoms with E-state index in [1.165, 1.54) is 6.07 Å². The standard InChI is InChI=1S/C11H11BrN2O2/c1-2-3-6-13-8-9-7-10(12)4-5-11(9)14(15)16/h1,4-5,7,13H,3,6,8H2. The zero-order valence-electron chi connectivity index (χ0n) is 8.57. The van der Waals surface area contributed by atoms with Gasteiger partial charge in [0.1, 0.15) is 0 Å². The van der Waals surface area contributed by atoms with Crippen LogP contribution in [0.15, 0.2) is 22.7 Å². The molecule has 1 rings (SSSR count). The molecule has 0 saturated carbocycles. The quantitative estimate of drug-likeness (QED) is 0.391. The van der Waals surface area contributed by atoms with Gasteiger partial charge in [-0.15, -0.1) is 12.3 Å². The second-order valence-corrected chi connectivity index (χ2v) is 4.08. The van der Waals surface area contributed by atoms with E-state index in [9.17, 15) is 10.1 Å². The Kier molecular flexibility index (Phi) is 4.96. The third-order valence-corrected chi connectivity index (χ3v) is 2.49. The van der Waals surface area contributed by atoms with E-state index in [4.69, 9.17) is 6.42 Å². The fraction of sp³-hybridized carbons (Fsp3) is 0.273. The van der Waals surface area contributed by atoms with Gasteiger partial charge in [-0.1, -0.05) is 15.9 Å². The lowest BCUT2D eigenvalue weighted by Crippen LogP contribution is -2.15. The Balaban J connectivity index is 2.73. The van der Waals surface area contributed by atoms with Crippen LogP contribution in [0.3, 0.4) is 0 Å². The fourth-order valence-electron chi connectivity index (χ4n) is 1.26. The van der Waals surface area contributed by atoms with Gasteiger partial charge < -0.3 is 5.32 Å². The number of nitro groups is 1. The van der Waals surface area contributed by atoms with Crippen molar-refractivity contribution in [2.75, 3.05) is 6.54 Å². The highest BCUT2D eigenvalue weighted by molar-refractivity contribution is 9.10. The number of nitrogens with one attached hydrogen (secondary N) is 1. The normalized spacial score (nSPS) is 9.75. The highest BCUT2D eigenvalue weighted by Crippen LogP contribution is 2.22. The fourth-order valence-corrected chi connectivity index (χ4v) is 1.67. The topological polar surface area (TPSA) is 55.2 Å². The molecule has 4 nitrogen and oxygen atoms in total. The van der Waals surface area contributed by atoms with Gasteiger partial charge in [0.2, 0.25) is 0 Å². The van der Waals surface area contributed by atoms with Gasteiger partial charge in [0.05, 0.1) is 4.92 Å². The Hall–Kier alpha value is -1.38. The maximum absolute atomic E-state index is 10.8. The van der Waals surface area contributed by atoms with Crippen molar-refractivity contribution in [3.05, 3.63) is 38.3 Å². The van der Waals surface area contributed by atoms with Gasteiger partial charge in [-0.2, -0.15) is 0 Å². The molecule has 0 spiro atoms. The molecule has 5 heteroatoms. The largest absolute Gasteiger partial charge is 0.311 e. The molecule has 0 aliphatic heterocycles. The molecule has 16 heavy (non-hydrogen) atoms. The summed E-state index contributed by atoms with van der Waals surface area (Å²) in [7, 11) is 0. The van der Waals surface area contributed by atoms with Crippen LogP contribution in [-0.4, -0.2) is 11.5 Å². The van der Waals surface area contributed by atoms with Crippen molar-refractivity contribution >= 4 is 21.6 Å². The van der Waals surface area contributed by atoms with Crippen molar-refractivity contribution in [2.24, 2.45) is 0 Å². The third kappa shape index (κ3) is 3.65. The number of halogens is 1. The molecule has 0 aliphatic carbocycles. The van der Waals surface area contributed by atoms with Crippen LogP contribution in [-0.2, 0) is 6.54 Å². The van der Waals surface area contributed by atoms with Crippen LogP contribution in [0.4, 0.5) is 5.69 Å². The molecule has 0 saturated heterocycles. The van der Waals surface area contributed by atoms with Crippen LogP contribution in [0.2, 0.25) is 0 Å². The van der Waals surface area contributed by atoms with Crippen LogP contribution >= 0.6 is 15.9 Å². The molecular formula is C11H11BrN2O2. The van der Waals surface area contributed by atoms with Crippen molar-refractivity contribution in [3.8, 4) is 12.3 Å². The minimum absolute atomic E-state index is 0.122. The second-order valence-electron chi connectivity index (χ2n) is 3.16. The van der Waals surface area contributed by atoms with E-state index < -0.39 is 0 Å². The molecule has 0 aliphatic rings. The van der Waals surface area contributed by atoms with Crippen molar-refractivity contribution in [2.45, 2.75) is 13.0 Å². The molecule has 0 heterocycles. The first-order valence-electron chi connectivity index (χ1n) is 4.72. The summed E-state index contributed by atoms with van der Waals surface area (Å²) in [5.74, 6) is 2.50. The summed E-state index contributed by atoms with van der Waals surface area (Å²) in [5.41, 5.74) is 0.771. The number of rotatable bonds is 5. The molecule has 0 radical (unpaired) electrons. The van der Waals surface area contributed by atoms with Gasteiger partial charge >= 0.3 is 0 Å². The maximum Gasteiger partial charge on any atom is 0.273 e. The smallest absolute Gasteiger partial charge is 0.273 e. The summed E-state index contributed by atoms with van der Waals surface area (Å²) < 4.78 is 0.826. The summed E-state index contributed by atoms with van der Waals surface area (Å²) in [6, 6.07) is 4.88. The Morgan fingerprint density at radius 1 is 1.56 bits per heavy atom. The highest BCUT2D eigenvalue weighted by atomic mass is 79.9. The molecule has 1 aromatic carbocycles. The van der Waals surface area contributed by atoms with E-state index in [-0.39, 0.29) is 10.6 Å². The van der Waals surface area contributed by atoms with Gasteiger partial charge in [-0.25, -0.2) is 0 Å². The molecule has 0 atom stereocenters. The Morgan fingerprint density at radius 3 is 2.94 bits per heavy atom. The average Bonchev–Trinajstić information content (AvgIpc) is 2.24. The van der Waals surface area contributed by atoms with E-state index in [1.807, 2.05) is 0 Å².